The summed E-state index contributed by atoms with van der Waals surface area (Å²) in [6.45, 7) is 9.31. The van der Waals surface area contributed by atoms with Crippen molar-refractivity contribution in [2.75, 3.05) is 47.4 Å². The van der Waals surface area contributed by atoms with E-state index in [1.54, 1.807) is 26.1 Å². The Morgan fingerprint density at radius 3 is 2.35 bits per heavy atom. The number of aliphatic imine (C=N–C) groups is 1. The van der Waals surface area contributed by atoms with Crippen LogP contribution in [0, 0.1) is 5.41 Å². The van der Waals surface area contributed by atoms with Crippen LogP contribution in [-0.4, -0.2) is 75.2 Å². The van der Waals surface area contributed by atoms with Gasteiger partial charge in [0.1, 0.15) is 6.54 Å². The number of nitrogens with one attached hydrogen (secondary N) is 1. The van der Waals surface area contributed by atoms with Gasteiger partial charge in [-0.1, -0.05) is 6.92 Å². The van der Waals surface area contributed by atoms with Crippen molar-refractivity contribution in [3.63, 3.8) is 0 Å². The molecule has 6 nitrogen and oxygen atoms in total. The minimum atomic E-state index is 0. The number of hydrogen-bond donors (Lipinski definition) is 1. The molecule has 23 heavy (non-hydrogen) atoms. The average molecular weight is 440 g/mol. The maximum absolute atomic E-state index is 11.8. The molecule has 0 aliphatic carbocycles. The summed E-state index contributed by atoms with van der Waals surface area (Å²) in [5.41, 5.74) is 0.244. The van der Waals surface area contributed by atoms with Gasteiger partial charge in [-0.2, -0.15) is 0 Å². The molecule has 0 radical (unpaired) electrons. The Morgan fingerprint density at radius 2 is 1.91 bits per heavy atom. The zero-order chi connectivity index (χ0) is 16.8. The van der Waals surface area contributed by atoms with E-state index >= 15 is 0 Å². The van der Waals surface area contributed by atoms with Crippen LogP contribution >= 0.6 is 24.0 Å². The Morgan fingerprint density at radius 1 is 1.35 bits per heavy atom. The van der Waals surface area contributed by atoms with Crippen LogP contribution in [0.25, 0.3) is 0 Å². The van der Waals surface area contributed by atoms with Crippen LogP contribution in [0.3, 0.4) is 0 Å². The van der Waals surface area contributed by atoms with E-state index in [9.17, 15) is 4.79 Å². The van der Waals surface area contributed by atoms with Gasteiger partial charge in [0.05, 0.1) is 6.61 Å². The number of rotatable bonds is 5. The third kappa shape index (κ3) is 7.69. The van der Waals surface area contributed by atoms with E-state index in [0.717, 1.165) is 38.5 Å². The molecule has 1 heterocycles. The number of hydrogen-bond acceptors (Lipinski definition) is 3. The molecule has 0 bridgehead atoms. The van der Waals surface area contributed by atoms with E-state index < -0.39 is 0 Å². The molecule has 1 amide bonds. The number of halogens is 1. The molecule has 1 aliphatic heterocycles. The maximum Gasteiger partial charge on any atom is 0.243 e. The number of nitrogens with zero attached hydrogens (tertiary/aromatic N) is 3. The number of piperidine rings is 1. The monoisotopic (exact) mass is 440 g/mol. The molecule has 136 valence electrons. The van der Waals surface area contributed by atoms with E-state index in [4.69, 9.17) is 4.74 Å². The van der Waals surface area contributed by atoms with Crippen molar-refractivity contribution >= 4 is 35.8 Å². The van der Waals surface area contributed by atoms with Crippen molar-refractivity contribution in [1.82, 2.24) is 15.1 Å². The van der Waals surface area contributed by atoms with Crippen LogP contribution in [0.2, 0.25) is 0 Å². The topological polar surface area (TPSA) is 57.2 Å². The van der Waals surface area contributed by atoms with E-state index in [0.29, 0.717) is 6.04 Å². The Bertz CT molecular complexity index is 392. The van der Waals surface area contributed by atoms with Crippen LogP contribution in [0.1, 0.15) is 33.6 Å². The molecule has 0 aromatic heterocycles. The van der Waals surface area contributed by atoms with Gasteiger partial charge in [0.15, 0.2) is 5.96 Å². The Kier molecular flexibility index (Phi) is 10.1. The molecule has 1 aliphatic rings. The second-order valence-electron chi connectivity index (χ2n) is 6.96. The number of ether oxygens (including phenoxy) is 1. The van der Waals surface area contributed by atoms with Crippen molar-refractivity contribution < 1.29 is 9.53 Å². The highest BCUT2D eigenvalue weighted by Crippen LogP contribution is 2.30. The highest BCUT2D eigenvalue weighted by molar-refractivity contribution is 14.0. The lowest BCUT2D eigenvalue weighted by Crippen LogP contribution is -2.50. The van der Waals surface area contributed by atoms with Crippen LogP contribution < -0.4 is 5.32 Å². The molecule has 1 fully saturated rings. The summed E-state index contributed by atoms with van der Waals surface area (Å²) < 4.78 is 5.34. The van der Waals surface area contributed by atoms with E-state index in [-0.39, 0.29) is 41.8 Å². The third-order valence-electron chi connectivity index (χ3n) is 4.04. The standard InChI is InChI=1S/C16H32N4O2.HI/c1-13(2)18-15(17-11-14(21)19(4)5)20-9-7-16(3,8-10-20)12-22-6;/h13H,7-12H2,1-6H3,(H,17,18);1H. The first kappa shape index (κ1) is 22.4. The Balaban J connectivity index is 0.00000484. The fourth-order valence-electron chi connectivity index (χ4n) is 2.53. The fourth-order valence-corrected chi connectivity index (χ4v) is 2.53. The molecule has 0 spiro atoms. The molecule has 0 aromatic rings. The van der Waals surface area contributed by atoms with Gasteiger partial charge in [0, 0.05) is 40.3 Å². The molecule has 1 rings (SSSR count). The summed E-state index contributed by atoms with van der Waals surface area (Å²) in [7, 11) is 5.27. The smallest absolute Gasteiger partial charge is 0.243 e. The summed E-state index contributed by atoms with van der Waals surface area (Å²) in [5, 5.41) is 3.38. The van der Waals surface area contributed by atoms with Gasteiger partial charge < -0.3 is 19.9 Å². The SMILES string of the molecule is COCC1(C)CCN(C(=NCC(=O)N(C)C)NC(C)C)CC1.I. The number of amides is 1. The van der Waals surface area contributed by atoms with Gasteiger partial charge in [-0.15, -0.1) is 24.0 Å². The van der Waals surface area contributed by atoms with Gasteiger partial charge in [-0.05, 0) is 32.1 Å². The second kappa shape index (κ2) is 10.3. The summed E-state index contributed by atoms with van der Waals surface area (Å²) in [6, 6.07) is 0.292. The number of guanidine groups is 1. The van der Waals surface area contributed by atoms with Crippen LogP contribution in [0.5, 0.6) is 0 Å². The van der Waals surface area contributed by atoms with Crippen LogP contribution in [0.15, 0.2) is 4.99 Å². The highest BCUT2D eigenvalue weighted by Gasteiger charge is 2.31. The summed E-state index contributed by atoms with van der Waals surface area (Å²) in [6.07, 6.45) is 2.14. The molecule has 7 heteroatoms. The van der Waals surface area contributed by atoms with Gasteiger partial charge in [0.2, 0.25) is 5.91 Å². The second-order valence-corrected chi connectivity index (χ2v) is 6.96. The van der Waals surface area contributed by atoms with Gasteiger partial charge >= 0.3 is 0 Å². The number of methoxy groups -OCH3 is 1. The number of likely N-dealkylation sites (tertiary alicyclic amines) is 1. The fraction of sp³-hybridized carbons (Fsp3) is 0.875. The number of likely N-dealkylation sites (N-methyl/N-ethyl adjacent to an activating group) is 1. The van der Waals surface area contributed by atoms with Crippen LogP contribution in [-0.2, 0) is 9.53 Å². The molecular formula is C16H33IN4O2. The molecular weight excluding hydrogens is 407 g/mol. The lowest BCUT2D eigenvalue weighted by Gasteiger charge is -2.40. The lowest BCUT2D eigenvalue weighted by molar-refractivity contribution is -0.127. The summed E-state index contributed by atoms with van der Waals surface area (Å²) >= 11 is 0. The molecule has 0 unspecified atom stereocenters. The summed E-state index contributed by atoms with van der Waals surface area (Å²) in [4.78, 5) is 20.1. The predicted octanol–water partition coefficient (Wildman–Crippen LogP) is 1.80. The lowest BCUT2D eigenvalue weighted by atomic mass is 9.81. The zero-order valence-corrected chi connectivity index (χ0v) is 17.7. The highest BCUT2D eigenvalue weighted by atomic mass is 127. The van der Waals surface area contributed by atoms with Gasteiger partial charge in [0.25, 0.3) is 0 Å². The first-order valence-electron chi connectivity index (χ1n) is 8.02. The van der Waals surface area contributed by atoms with E-state index in [1.807, 2.05) is 0 Å². The van der Waals surface area contributed by atoms with E-state index in [1.165, 1.54) is 0 Å². The molecule has 0 atom stereocenters. The molecule has 1 saturated heterocycles. The normalized spacial score (nSPS) is 17.7. The van der Waals surface area contributed by atoms with Crippen LogP contribution in [0.4, 0.5) is 0 Å². The van der Waals surface area contributed by atoms with Crippen molar-refractivity contribution in [3.8, 4) is 0 Å². The van der Waals surface area contributed by atoms with Gasteiger partial charge in [-0.25, -0.2) is 4.99 Å². The van der Waals surface area contributed by atoms with Crippen molar-refractivity contribution in [1.29, 1.82) is 0 Å². The first-order chi connectivity index (χ1) is 10.3. The molecule has 0 aromatic carbocycles. The Labute approximate surface area is 158 Å². The largest absolute Gasteiger partial charge is 0.384 e. The van der Waals surface area contributed by atoms with Gasteiger partial charge in [-0.3, -0.25) is 4.79 Å². The first-order valence-corrected chi connectivity index (χ1v) is 8.02. The third-order valence-corrected chi connectivity index (χ3v) is 4.04. The predicted molar refractivity (Wildman–Crippen MR) is 105 cm³/mol. The molecule has 0 saturated carbocycles. The van der Waals surface area contributed by atoms with Crippen molar-refractivity contribution in [3.05, 3.63) is 0 Å². The average Bonchev–Trinajstić information content (AvgIpc) is 2.43. The summed E-state index contributed by atoms with van der Waals surface area (Å²) in [5.74, 6) is 0.856. The van der Waals surface area contributed by atoms with Crippen molar-refractivity contribution in [2.24, 2.45) is 10.4 Å². The number of carbonyl (C=O) groups is 1. The number of carbonyl (C=O) groups excluding carboxylic acids is 1. The Hall–Kier alpha value is -0.570. The molecule has 1 N–H and O–H groups in total. The minimum absolute atomic E-state index is 0. The van der Waals surface area contributed by atoms with Crippen molar-refractivity contribution in [2.45, 2.75) is 39.7 Å². The van der Waals surface area contributed by atoms with E-state index in [2.05, 4.69) is 36.0 Å². The minimum Gasteiger partial charge on any atom is -0.384 e. The quantitative estimate of drug-likeness (QED) is 0.403. The zero-order valence-electron chi connectivity index (χ0n) is 15.4. The maximum atomic E-state index is 11.8.